The number of nitrogens with zero attached hydrogens (tertiary/aromatic N) is 3. The Morgan fingerprint density at radius 2 is 1.69 bits per heavy atom. The summed E-state index contributed by atoms with van der Waals surface area (Å²) in [6.45, 7) is 2.09. The fourth-order valence-corrected chi connectivity index (χ4v) is 3.95. The van der Waals surface area contributed by atoms with Crippen LogP contribution in [0.3, 0.4) is 0 Å². The van der Waals surface area contributed by atoms with Gasteiger partial charge in [0.25, 0.3) is 0 Å². The van der Waals surface area contributed by atoms with Crippen molar-refractivity contribution < 1.29 is 0 Å². The van der Waals surface area contributed by atoms with Gasteiger partial charge in [-0.3, -0.25) is 4.68 Å². The number of aromatic amines is 1. The first kappa shape index (κ1) is 17.7. The molecule has 4 N–H and O–H groups in total. The maximum atomic E-state index is 6.21. The number of aromatic nitrogens is 4. The van der Waals surface area contributed by atoms with E-state index in [9.17, 15) is 0 Å². The van der Waals surface area contributed by atoms with Crippen LogP contribution in [-0.2, 0) is 0 Å². The summed E-state index contributed by atoms with van der Waals surface area (Å²) in [6, 6.07) is 16.9. The Bertz CT molecular complexity index is 1110. The number of nitrogens with two attached hydrogens (primary N) is 1. The molecule has 1 saturated heterocycles. The molecule has 1 aromatic carbocycles. The SMILES string of the molecule is Nc1ncc(-c2cnn(C3CCNCC3)c2)cc1-c1ccc(-c2ccccc2)[nH]1. The van der Waals surface area contributed by atoms with E-state index in [4.69, 9.17) is 5.73 Å². The van der Waals surface area contributed by atoms with Crippen LogP contribution < -0.4 is 11.1 Å². The number of nitrogen functional groups attached to an aromatic ring is 1. The average Bonchev–Trinajstić information content (AvgIpc) is 3.46. The summed E-state index contributed by atoms with van der Waals surface area (Å²) in [5.74, 6) is 0.515. The summed E-state index contributed by atoms with van der Waals surface area (Å²) >= 11 is 0. The van der Waals surface area contributed by atoms with E-state index >= 15 is 0 Å². The molecule has 3 aromatic heterocycles. The molecule has 0 bridgehead atoms. The lowest BCUT2D eigenvalue weighted by Crippen LogP contribution is -2.29. The minimum atomic E-state index is 0.461. The largest absolute Gasteiger partial charge is 0.383 e. The quantitative estimate of drug-likeness (QED) is 0.494. The molecular formula is C23H24N6. The zero-order valence-electron chi connectivity index (χ0n) is 16.2. The van der Waals surface area contributed by atoms with Crippen molar-refractivity contribution in [2.75, 3.05) is 18.8 Å². The van der Waals surface area contributed by atoms with Crippen molar-refractivity contribution in [2.24, 2.45) is 0 Å². The summed E-state index contributed by atoms with van der Waals surface area (Å²) in [5, 5.41) is 8.01. The smallest absolute Gasteiger partial charge is 0.132 e. The van der Waals surface area contributed by atoms with Gasteiger partial charge in [-0.1, -0.05) is 30.3 Å². The number of H-pyrrole nitrogens is 1. The van der Waals surface area contributed by atoms with Crippen molar-refractivity contribution in [1.82, 2.24) is 25.1 Å². The molecule has 4 aromatic rings. The second-order valence-electron chi connectivity index (χ2n) is 7.50. The standard InChI is InChI=1S/C23H24N6/c24-23-20(22-7-6-21(28-22)16-4-2-1-3-5-16)12-17(13-26-23)18-14-27-29(15-18)19-8-10-25-11-9-19/h1-7,12-15,19,25,28H,8-11H2,(H2,24,26). The lowest BCUT2D eigenvalue weighted by molar-refractivity contribution is 0.343. The highest BCUT2D eigenvalue weighted by molar-refractivity contribution is 5.79. The third-order valence-corrected chi connectivity index (χ3v) is 5.60. The first-order chi connectivity index (χ1) is 14.3. The second kappa shape index (κ2) is 7.56. The Morgan fingerprint density at radius 1 is 0.897 bits per heavy atom. The molecule has 0 spiro atoms. The number of rotatable bonds is 4. The Labute approximate surface area is 169 Å². The van der Waals surface area contributed by atoms with Crippen LogP contribution in [0.15, 0.2) is 67.1 Å². The van der Waals surface area contributed by atoms with Gasteiger partial charge in [-0.25, -0.2) is 4.98 Å². The van der Waals surface area contributed by atoms with Crippen molar-refractivity contribution in [3.8, 4) is 33.6 Å². The van der Waals surface area contributed by atoms with E-state index in [1.807, 2.05) is 30.6 Å². The van der Waals surface area contributed by atoms with Crippen molar-refractivity contribution >= 4 is 5.82 Å². The summed E-state index contributed by atoms with van der Waals surface area (Å²) in [7, 11) is 0. The summed E-state index contributed by atoms with van der Waals surface area (Å²) in [5.41, 5.74) is 12.4. The third kappa shape index (κ3) is 3.54. The van der Waals surface area contributed by atoms with E-state index in [0.29, 0.717) is 11.9 Å². The van der Waals surface area contributed by atoms with Crippen molar-refractivity contribution in [3.05, 3.63) is 67.1 Å². The highest BCUT2D eigenvalue weighted by atomic mass is 15.3. The second-order valence-corrected chi connectivity index (χ2v) is 7.50. The molecule has 1 aliphatic rings. The topological polar surface area (TPSA) is 84.5 Å². The zero-order valence-corrected chi connectivity index (χ0v) is 16.2. The van der Waals surface area contributed by atoms with Crippen LogP contribution in [0.2, 0.25) is 0 Å². The fourth-order valence-electron chi connectivity index (χ4n) is 3.95. The molecule has 0 amide bonds. The molecular weight excluding hydrogens is 360 g/mol. The van der Waals surface area contributed by atoms with E-state index < -0.39 is 0 Å². The maximum absolute atomic E-state index is 6.21. The fraction of sp³-hybridized carbons (Fsp3) is 0.217. The van der Waals surface area contributed by atoms with Crippen LogP contribution in [-0.4, -0.2) is 32.8 Å². The van der Waals surface area contributed by atoms with E-state index in [-0.39, 0.29) is 0 Å². The molecule has 0 radical (unpaired) electrons. The van der Waals surface area contributed by atoms with Crippen LogP contribution in [0.5, 0.6) is 0 Å². The minimum absolute atomic E-state index is 0.461. The predicted molar refractivity (Wildman–Crippen MR) is 116 cm³/mol. The van der Waals surface area contributed by atoms with Gasteiger partial charge in [0.15, 0.2) is 0 Å². The molecule has 0 aliphatic carbocycles. The molecule has 0 saturated carbocycles. The van der Waals surface area contributed by atoms with E-state index in [0.717, 1.165) is 59.6 Å². The van der Waals surface area contributed by atoms with Crippen LogP contribution in [0, 0.1) is 0 Å². The minimum Gasteiger partial charge on any atom is -0.383 e. The van der Waals surface area contributed by atoms with Gasteiger partial charge in [0.1, 0.15) is 5.82 Å². The van der Waals surface area contributed by atoms with Gasteiger partial charge in [-0.15, -0.1) is 0 Å². The summed E-state index contributed by atoms with van der Waals surface area (Å²) in [4.78, 5) is 7.92. The van der Waals surface area contributed by atoms with Gasteiger partial charge in [-0.2, -0.15) is 5.10 Å². The van der Waals surface area contributed by atoms with Crippen LogP contribution in [0.4, 0.5) is 5.82 Å². The maximum Gasteiger partial charge on any atom is 0.132 e. The average molecular weight is 384 g/mol. The zero-order chi connectivity index (χ0) is 19.6. The van der Waals surface area contributed by atoms with Crippen LogP contribution in [0.25, 0.3) is 33.6 Å². The monoisotopic (exact) mass is 384 g/mol. The Hall–Kier alpha value is -3.38. The lowest BCUT2D eigenvalue weighted by Gasteiger charge is -2.22. The van der Waals surface area contributed by atoms with Crippen LogP contribution >= 0.6 is 0 Å². The van der Waals surface area contributed by atoms with Gasteiger partial charge in [-0.05, 0) is 49.7 Å². The van der Waals surface area contributed by atoms with Crippen molar-refractivity contribution in [2.45, 2.75) is 18.9 Å². The van der Waals surface area contributed by atoms with E-state index in [1.54, 1.807) is 0 Å². The molecule has 5 rings (SSSR count). The van der Waals surface area contributed by atoms with Crippen molar-refractivity contribution in [1.29, 1.82) is 0 Å². The first-order valence-corrected chi connectivity index (χ1v) is 10.0. The number of hydrogen-bond acceptors (Lipinski definition) is 4. The van der Waals surface area contributed by atoms with Gasteiger partial charge in [0.05, 0.1) is 12.2 Å². The summed E-state index contributed by atoms with van der Waals surface area (Å²) in [6.07, 6.45) is 8.08. The predicted octanol–water partition coefficient (Wildman–Crippen LogP) is 4.11. The molecule has 0 unspecified atom stereocenters. The molecule has 1 fully saturated rings. The highest BCUT2D eigenvalue weighted by Gasteiger charge is 2.17. The number of piperidine rings is 1. The Kier molecular flexibility index (Phi) is 4.62. The Balaban J connectivity index is 1.45. The summed E-state index contributed by atoms with van der Waals surface area (Å²) < 4.78 is 2.09. The molecule has 0 atom stereocenters. The number of pyridine rings is 1. The van der Waals surface area contributed by atoms with Gasteiger partial charge >= 0.3 is 0 Å². The molecule has 6 heteroatoms. The highest BCUT2D eigenvalue weighted by Crippen LogP contribution is 2.31. The third-order valence-electron chi connectivity index (χ3n) is 5.60. The van der Waals surface area contributed by atoms with E-state index in [2.05, 4.69) is 61.6 Å². The van der Waals surface area contributed by atoms with Crippen LogP contribution in [0.1, 0.15) is 18.9 Å². The molecule has 29 heavy (non-hydrogen) atoms. The number of hydrogen-bond donors (Lipinski definition) is 3. The van der Waals surface area contributed by atoms with Gasteiger partial charge in [0, 0.05) is 40.5 Å². The molecule has 4 heterocycles. The van der Waals surface area contributed by atoms with Gasteiger partial charge < -0.3 is 16.0 Å². The van der Waals surface area contributed by atoms with E-state index in [1.165, 1.54) is 0 Å². The molecule has 1 aliphatic heterocycles. The molecule has 146 valence electrons. The normalized spacial score (nSPS) is 14.9. The number of nitrogens with one attached hydrogen (secondary N) is 2. The van der Waals surface area contributed by atoms with Gasteiger partial charge in [0.2, 0.25) is 0 Å². The number of benzene rings is 1. The first-order valence-electron chi connectivity index (χ1n) is 10.0. The van der Waals surface area contributed by atoms with Crippen molar-refractivity contribution in [3.63, 3.8) is 0 Å². The number of anilines is 1. The lowest BCUT2D eigenvalue weighted by atomic mass is 10.1. The molecule has 6 nitrogen and oxygen atoms in total. The Morgan fingerprint density at radius 3 is 2.52 bits per heavy atom.